The fourth-order valence-corrected chi connectivity index (χ4v) is 1.48. The van der Waals surface area contributed by atoms with Crippen molar-refractivity contribution in [1.82, 2.24) is 0 Å². The second-order valence-electron chi connectivity index (χ2n) is 3.21. The Hall–Kier alpha value is -1.43. The molecule has 0 bridgehead atoms. The van der Waals surface area contributed by atoms with Crippen molar-refractivity contribution in [2.75, 3.05) is 0 Å². The number of carboxylic acids is 1. The lowest BCUT2D eigenvalue weighted by Crippen LogP contribution is -2.23. The molecule has 1 atom stereocenters. The number of ether oxygens (including phenoxy) is 1. The molecule has 0 aromatic heterocycles. The minimum Gasteiger partial charge on any atom is -0.479 e. The summed E-state index contributed by atoms with van der Waals surface area (Å²) in [5.41, 5.74) is 0.118. The van der Waals surface area contributed by atoms with E-state index in [1.807, 2.05) is 0 Å². The van der Waals surface area contributed by atoms with Gasteiger partial charge in [-0.15, -0.1) is 0 Å². The molecule has 17 heavy (non-hydrogen) atoms. The molecule has 0 amide bonds. The molecular weight excluding hydrogens is 298 g/mol. The SMILES string of the molecule is C[C@H](Oc1ccc(Br)cc1C=C(F)F)C(=O)O. The Labute approximate surface area is 105 Å². The van der Waals surface area contributed by atoms with Crippen molar-refractivity contribution in [2.45, 2.75) is 13.0 Å². The quantitative estimate of drug-likeness (QED) is 0.925. The molecule has 3 nitrogen and oxygen atoms in total. The standard InChI is InChI=1S/C11H9BrF2O3/c1-6(11(15)16)17-9-3-2-8(12)4-7(9)5-10(13)14/h2-6H,1H3,(H,15,16)/t6-/m0/s1. The third-order valence-corrected chi connectivity index (χ3v) is 2.38. The van der Waals surface area contributed by atoms with Crippen LogP contribution in [0, 0.1) is 0 Å². The summed E-state index contributed by atoms with van der Waals surface area (Å²) in [6.45, 7) is 1.32. The normalized spacial score (nSPS) is 11.8. The molecule has 1 N–H and O–H groups in total. The molecule has 0 aliphatic heterocycles. The molecule has 1 rings (SSSR count). The van der Waals surface area contributed by atoms with Crippen LogP contribution in [0.25, 0.3) is 6.08 Å². The van der Waals surface area contributed by atoms with E-state index in [9.17, 15) is 13.6 Å². The predicted octanol–water partition coefficient (Wildman–Crippen LogP) is 3.54. The van der Waals surface area contributed by atoms with Crippen LogP contribution in [0.15, 0.2) is 28.8 Å². The van der Waals surface area contributed by atoms with Crippen molar-refractivity contribution >= 4 is 28.0 Å². The van der Waals surface area contributed by atoms with Gasteiger partial charge in [0.25, 0.3) is 6.08 Å². The molecule has 0 unspecified atom stereocenters. The van der Waals surface area contributed by atoms with E-state index >= 15 is 0 Å². The van der Waals surface area contributed by atoms with Gasteiger partial charge in [-0.25, -0.2) is 4.79 Å². The number of aliphatic carboxylic acids is 1. The van der Waals surface area contributed by atoms with Crippen LogP contribution in [0.5, 0.6) is 5.75 Å². The van der Waals surface area contributed by atoms with Crippen molar-refractivity contribution in [3.63, 3.8) is 0 Å². The summed E-state index contributed by atoms with van der Waals surface area (Å²) < 4.78 is 30.1. The van der Waals surface area contributed by atoms with Crippen LogP contribution >= 0.6 is 15.9 Å². The molecule has 0 radical (unpaired) electrons. The van der Waals surface area contributed by atoms with E-state index in [1.165, 1.54) is 19.1 Å². The Morgan fingerprint density at radius 3 is 2.71 bits per heavy atom. The lowest BCUT2D eigenvalue weighted by molar-refractivity contribution is -0.144. The number of rotatable bonds is 4. The van der Waals surface area contributed by atoms with E-state index in [1.54, 1.807) is 6.07 Å². The first-order valence-electron chi connectivity index (χ1n) is 4.62. The zero-order valence-electron chi connectivity index (χ0n) is 8.78. The molecular formula is C11H9BrF2O3. The van der Waals surface area contributed by atoms with Gasteiger partial charge in [-0.1, -0.05) is 15.9 Å². The maximum Gasteiger partial charge on any atom is 0.344 e. The van der Waals surface area contributed by atoms with Gasteiger partial charge < -0.3 is 9.84 Å². The minimum atomic E-state index is -1.88. The maximum atomic E-state index is 12.2. The Bertz CT molecular complexity index is 456. The Morgan fingerprint density at radius 2 is 2.18 bits per heavy atom. The zero-order chi connectivity index (χ0) is 13.0. The number of carboxylic acid groups (broad SMARTS) is 1. The van der Waals surface area contributed by atoms with Gasteiger partial charge in [-0.2, -0.15) is 8.78 Å². The highest BCUT2D eigenvalue weighted by Crippen LogP contribution is 2.26. The van der Waals surface area contributed by atoms with E-state index in [2.05, 4.69) is 15.9 Å². The van der Waals surface area contributed by atoms with Gasteiger partial charge in [-0.05, 0) is 25.1 Å². The van der Waals surface area contributed by atoms with Crippen molar-refractivity contribution in [3.8, 4) is 5.75 Å². The van der Waals surface area contributed by atoms with Crippen molar-refractivity contribution < 1.29 is 23.4 Å². The summed E-state index contributed by atoms with van der Waals surface area (Å²) in [5, 5.41) is 8.67. The summed E-state index contributed by atoms with van der Waals surface area (Å²) in [6.07, 6.45) is -2.36. The largest absolute Gasteiger partial charge is 0.479 e. The summed E-state index contributed by atoms with van der Waals surface area (Å²) in [7, 11) is 0. The molecule has 1 aromatic carbocycles. The summed E-state index contributed by atoms with van der Waals surface area (Å²) >= 11 is 3.14. The van der Waals surface area contributed by atoms with Gasteiger partial charge in [-0.3, -0.25) is 0 Å². The number of carbonyl (C=O) groups is 1. The molecule has 0 saturated heterocycles. The third-order valence-electron chi connectivity index (χ3n) is 1.89. The highest BCUT2D eigenvalue weighted by atomic mass is 79.9. The fourth-order valence-electron chi connectivity index (χ4n) is 1.10. The zero-order valence-corrected chi connectivity index (χ0v) is 10.4. The van der Waals surface area contributed by atoms with Gasteiger partial charge in [0.15, 0.2) is 6.10 Å². The van der Waals surface area contributed by atoms with Gasteiger partial charge in [0.1, 0.15) is 5.75 Å². The Kier molecular flexibility index (Phi) is 4.62. The summed E-state index contributed by atoms with van der Waals surface area (Å²) in [5.74, 6) is -1.07. The number of benzene rings is 1. The number of halogens is 3. The minimum absolute atomic E-state index is 0.0934. The number of hydrogen-bond donors (Lipinski definition) is 1. The average molecular weight is 307 g/mol. The van der Waals surface area contributed by atoms with Crippen LogP contribution < -0.4 is 4.74 Å². The van der Waals surface area contributed by atoms with Gasteiger partial charge in [0.05, 0.1) is 0 Å². The highest BCUT2D eigenvalue weighted by Gasteiger charge is 2.14. The van der Waals surface area contributed by atoms with E-state index in [0.717, 1.165) is 0 Å². The second-order valence-corrected chi connectivity index (χ2v) is 4.13. The second kappa shape index (κ2) is 5.77. The first-order valence-corrected chi connectivity index (χ1v) is 5.41. The lowest BCUT2D eigenvalue weighted by atomic mass is 10.2. The fraction of sp³-hybridized carbons (Fsp3) is 0.182. The van der Waals surface area contributed by atoms with Crippen molar-refractivity contribution in [3.05, 3.63) is 34.3 Å². The Morgan fingerprint density at radius 1 is 1.53 bits per heavy atom. The topological polar surface area (TPSA) is 46.5 Å². The molecule has 0 fully saturated rings. The molecule has 0 saturated carbocycles. The molecule has 0 aliphatic carbocycles. The summed E-state index contributed by atoms with van der Waals surface area (Å²) in [6, 6.07) is 4.43. The molecule has 6 heteroatoms. The van der Waals surface area contributed by atoms with Gasteiger partial charge in [0, 0.05) is 16.1 Å². The molecule has 92 valence electrons. The van der Waals surface area contributed by atoms with E-state index in [-0.39, 0.29) is 11.3 Å². The van der Waals surface area contributed by atoms with E-state index in [0.29, 0.717) is 10.5 Å². The van der Waals surface area contributed by atoms with Crippen LogP contribution in [0.2, 0.25) is 0 Å². The molecule has 1 aromatic rings. The maximum absolute atomic E-state index is 12.2. The molecule has 0 aliphatic rings. The first-order chi connectivity index (χ1) is 7.90. The average Bonchev–Trinajstić information content (AvgIpc) is 2.20. The van der Waals surface area contributed by atoms with Crippen LogP contribution in [-0.2, 0) is 4.79 Å². The van der Waals surface area contributed by atoms with Crippen LogP contribution in [-0.4, -0.2) is 17.2 Å². The van der Waals surface area contributed by atoms with Crippen molar-refractivity contribution in [2.24, 2.45) is 0 Å². The first kappa shape index (κ1) is 13.6. The predicted molar refractivity (Wildman–Crippen MR) is 62.1 cm³/mol. The van der Waals surface area contributed by atoms with E-state index < -0.39 is 18.2 Å². The highest BCUT2D eigenvalue weighted by molar-refractivity contribution is 9.10. The van der Waals surface area contributed by atoms with Crippen LogP contribution in [0.4, 0.5) is 8.78 Å². The third kappa shape index (κ3) is 4.14. The molecule has 0 heterocycles. The number of hydrogen-bond acceptors (Lipinski definition) is 2. The van der Waals surface area contributed by atoms with E-state index in [4.69, 9.17) is 9.84 Å². The van der Waals surface area contributed by atoms with Crippen LogP contribution in [0.1, 0.15) is 12.5 Å². The monoisotopic (exact) mass is 306 g/mol. The van der Waals surface area contributed by atoms with Crippen LogP contribution in [0.3, 0.4) is 0 Å². The summed E-state index contributed by atoms with van der Waals surface area (Å²) in [4.78, 5) is 10.6. The van der Waals surface area contributed by atoms with Crippen molar-refractivity contribution in [1.29, 1.82) is 0 Å². The Balaban J connectivity index is 3.06. The van der Waals surface area contributed by atoms with Gasteiger partial charge >= 0.3 is 5.97 Å². The lowest BCUT2D eigenvalue weighted by Gasteiger charge is -2.12. The molecule has 0 spiro atoms. The smallest absolute Gasteiger partial charge is 0.344 e. The van der Waals surface area contributed by atoms with Gasteiger partial charge in [0.2, 0.25) is 0 Å².